The third-order valence-electron chi connectivity index (χ3n) is 8.31. The number of furan rings is 1. The number of sulfone groups is 2. The van der Waals surface area contributed by atoms with E-state index < -0.39 is 29.8 Å². The van der Waals surface area contributed by atoms with Crippen LogP contribution in [0.25, 0.3) is 22.2 Å². The van der Waals surface area contributed by atoms with Gasteiger partial charge in [-0.1, -0.05) is 41.4 Å². The Morgan fingerprint density at radius 2 is 1.54 bits per heavy atom. The Labute approximate surface area is 336 Å². The highest BCUT2D eigenvalue weighted by atomic mass is 35.5. The van der Waals surface area contributed by atoms with Gasteiger partial charge in [-0.2, -0.15) is 8.42 Å². The van der Waals surface area contributed by atoms with Gasteiger partial charge in [0.25, 0.3) is 10.1 Å². The second kappa shape index (κ2) is 18.6. The normalized spacial score (nSPS) is 12.0. The summed E-state index contributed by atoms with van der Waals surface area (Å²) >= 11 is 6.49. The summed E-state index contributed by atoms with van der Waals surface area (Å²) in [7, 11) is -10.5. The van der Waals surface area contributed by atoms with Crippen molar-refractivity contribution in [2.75, 3.05) is 42.4 Å². The number of rotatable bonds is 15. The van der Waals surface area contributed by atoms with E-state index >= 15 is 0 Å². The van der Waals surface area contributed by atoms with Gasteiger partial charge in [-0.25, -0.2) is 31.2 Å². The van der Waals surface area contributed by atoms with Gasteiger partial charge in [0, 0.05) is 42.2 Å². The molecule has 2 aromatic heterocycles. The quantitative estimate of drug-likeness (QED) is 0.0994. The lowest BCUT2D eigenvalue weighted by Gasteiger charge is -2.20. The highest BCUT2D eigenvalue weighted by Crippen LogP contribution is 2.33. The maximum absolute atomic E-state index is 13.5. The Kier molecular flexibility index (Phi) is 14.1. The third kappa shape index (κ3) is 13.6. The lowest BCUT2D eigenvalue weighted by atomic mass is 10.1. The summed E-state index contributed by atoms with van der Waals surface area (Å²) in [5, 5.41) is 4.37. The molecule has 4 aromatic carbocycles. The van der Waals surface area contributed by atoms with E-state index in [0.717, 1.165) is 29.0 Å². The molecule has 302 valence electrons. The fourth-order valence-electron chi connectivity index (χ4n) is 5.34. The number of ether oxygens (including phenoxy) is 1. The first-order valence-corrected chi connectivity index (χ1v) is 23.1. The topological polar surface area (TPSA) is 186 Å². The zero-order chi connectivity index (χ0) is 41.4. The van der Waals surface area contributed by atoms with Gasteiger partial charge in [-0.3, -0.25) is 9.45 Å². The van der Waals surface area contributed by atoms with Crippen LogP contribution < -0.4 is 10.1 Å². The second-order valence-corrected chi connectivity index (χ2v) is 19.6. The molecule has 2 N–H and O–H groups in total. The summed E-state index contributed by atoms with van der Waals surface area (Å²) in [6, 6.07) is 26.6. The van der Waals surface area contributed by atoms with Crippen LogP contribution in [0.4, 0.5) is 15.9 Å². The Morgan fingerprint density at radius 1 is 0.842 bits per heavy atom. The molecule has 0 saturated heterocycles. The summed E-state index contributed by atoms with van der Waals surface area (Å²) in [5.74, 6) is 1.59. The minimum Gasteiger partial charge on any atom is -0.487 e. The fourth-order valence-corrected chi connectivity index (χ4v) is 7.23. The number of hydrogen-bond acceptors (Lipinski definition) is 12. The van der Waals surface area contributed by atoms with Crippen molar-refractivity contribution in [3.63, 3.8) is 0 Å². The number of fused-ring (bicyclic) bond motifs is 1. The van der Waals surface area contributed by atoms with E-state index in [-0.39, 0.29) is 48.5 Å². The van der Waals surface area contributed by atoms with Crippen molar-refractivity contribution in [1.82, 2.24) is 14.9 Å². The Hall–Kier alpha value is -4.91. The molecule has 0 spiro atoms. The van der Waals surface area contributed by atoms with Crippen LogP contribution in [-0.4, -0.2) is 81.8 Å². The van der Waals surface area contributed by atoms with Crippen molar-refractivity contribution >= 4 is 63.8 Å². The van der Waals surface area contributed by atoms with Crippen molar-refractivity contribution in [3.8, 4) is 17.1 Å². The smallest absolute Gasteiger partial charge is 0.294 e. The average Bonchev–Trinajstić information content (AvgIpc) is 3.60. The zero-order valence-electron chi connectivity index (χ0n) is 31.1. The molecule has 0 amide bonds. The Balaban J connectivity index is 0.000000486. The van der Waals surface area contributed by atoms with Gasteiger partial charge in [0.1, 0.15) is 61.5 Å². The molecule has 0 saturated carbocycles. The number of benzene rings is 4. The van der Waals surface area contributed by atoms with Crippen LogP contribution in [0, 0.1) is 12.7 Å². The number of halogens is 2. The molecule has 0 fully saturated rings. The monoisotopic (exact) mass is 858 g/mol. The van der Waals surface area contributed by atoms with E-state index in [0.29, 0.717) is 44.9 Å². The van der Waals surface area contributed by atoms with Crippen LogP contribution in [0.3, 0.4) is 0 Å². The van der Waals surface area contributed by atoms with Gasteiger partial charge >= 0.3 is 0 Å². The molecule has 0 radical (unpaired) electrons. The first-order valence-electron chi connectivity index (χ1n) is 17.2. The van der Waals surface area contributed by atoms with Gasteiger partial charge in [0.05, 0.1) is 33.5 Å². The molecule has 6 rings (SSSR count). The largest absolute Gasteiger partial charge is 0.487 e. The predicted molar refractivity (Wildman–Crippen MR) is 218 cm³/mol. The molecule has 0 aliphatic heterocycles. The summed E-state index contributed by atoms with van der Waals surface area (Å²) < 4.78 is 102. The fraction of sp³-hybridized carbons (Fsp3) is 0.231. The maximum atomic E-state index is 13.5. The van der Waals surface area contributed by atoms with Crippen LogP contribution in [0.2, 0.25) is 5.02 Å². The average molecular weight is 859 g/mol. The van der Waals surface area contributed by atoms with E-state index in [4.69, 9.17) is 25.3 Å². The van der Waals surface area contributed by atoms with Gasteiger partial charge in [-0.05, 0) is 85.3 Å². The Bertz CT molecular complexity index is 2640. The van der Waals surface area contributed by atoms with E-state index in [9.17, 15) is 29.6 Å². The maximum Gasteiger partial charge on any atom is 0.294 e. The highest BCUT2D eigenvalue weighted by Gasteiger charge is 2.16. The number of aromatic nitrogens is 2. The first-order chi connectivity index (χ1) is 26.8. The van der Waals surface area contributed by atoms with Gasteiger partial charge in [0.2, 0.25) is 0 Å². The summed E-state index contributed by atoms with van der Waals surface area (Å²) in [5.41, 5.74) is 3.76. The summed E-state index contributed by atoms with van der Waals surface area (Å²) in [4.78, 5) is 10.5. The van der Waals surface area contributed by atoms with Crippen LogP contribution in [0.5, 0.6) is 5.75 Å². The van der Waals surface area contributed by atoms with Crippen LogP contribution in [0.1, 0.15) is 16.9 Å². The predicted octanol–water partition coefficient (Wildman–Crippen LogP) is 7.14. The van der Waals surface area contributed by atoms with Crippen molar-refractivity contribution < 1.29 is 43.4 Å². The molecule has 18 heteroatoms. The van der Waals surface area contributed by atoms with Crippen LogP contribution in [-0.2, 0) is 42.9 Å². The van der Waals surface area contributed by atoms with Crippen molar-refractivity contribution in [2.24, 2.45) is 0 Å². The van der Waals surface area contributed by atoms with E-state index in [1.165, 1.54) is 30.6 Å². The minimum atomic E-state index is -4.02. The highest BCUT2D eigenvalue weighted by molar-refractivity contribution is 7.91. The molecule has 0 aliphatic carbocycles. The number of nitrogens with one attached hydrogen (secondary N) is 1. The van der Waals surface area contributed by atoms with Crippen LogP contribution in [0.15, 0.2) is 113 Å². The van der Waals surface area contributed by atoms with Gasteiger partial charge < -0.3 is 14.5 Å². The molecule has 0 atom stereocenters. The zero-order valence-corrected chi connectivity index (χ0v) is 34.3. The van der Waals surface area contributed by atoms with Crippen molar-refractivity contribution in [1.29, 1.82) is 0 Å². The van der Waals surface area contributed by atoms with E-state index in [1.54, 1.807) is 59.5 Å². The van der Waals surface area contributed by atoms with Crippen molar-refractivity contribution in [3.05, 3.63) is 131 Å². The summed E-state index contributed by atoms with van der Waals surface area (Å²) in [6.07, 6.45) is 3.75. The molecule has 0 bridgehead atoms. The van der Waals surface area contributed by atoms with E-state index in [2.05, 4.69) is 15.3 Å². The first kappa shape index (κ1) is 43.2. The molecular formula is C39H40ClFN4O9S3. The molecule has 6 aromatic rings. The number of hydrogen-bond donors (Lipinski definition) is 2. The van der Waals surface area contributed by atoms with Gasteiger partial charge in [0.15, 0.2) is 0 Å². The lowest BCUT2D eigenvalue weighted by Crippen LogP contribution is -2.32. The van der Waals surface area contributed by atoms with Crippen molar-refractivity contribution in [2.45, 2.75) is 25.0 Å². The molecule has 2 heterocycles. The number of nitrogens with zero attached hydrogens (tertiary/aromatic N) is 3. The van der Waals surface area contributed by atoms with Gasteiger partial charge in [-0.15, -0.1) is 0 Å². The summed E-state index contributed by atoms with van der Waals surface area (Å²) in [6.45, 7) is 2.61. The SMILES string of the molecule is CS(=O)(=O)CCN(CCS(C)(=O)=O)Cc1ccc(-c2ccc3ncnc(Nc4ccc(OCc5cccc(F)c5)c(Cl)c4)c3c2)o1.Cc1ccc(S(=O)(=O)O)cc1. The third-order valence-corrected chi connectivity index (χ3v) is 11.3. The van der Waals surface area contributed by atoms with Crippen LogP contribution >= 0.6 is 11.6 Å². The van der Waals surface area contributed by atoms with E-state index in [1.807, 2.05) is 25.1 Å². The molecule has 13 nitrogen and oxygen atoms in total. The molecule has 57 heavy (non-hydrogen) atoms. The minimum absolute atomic E-state index is 0.0666. The molecular weight excluding hydrogens is 819 g/mol. The number of aryl methyl sites for hydroxylation is 1. The molecule has 0 aliphatic rings. The lowest BCUT2D eigenvalue weighted by molar-refractivity contribution is 0.272. The number of anilines is 2. The molecule has 0 unspecified atom stereocenters. The second-order valence-electron chi connectivity index (χ2n) is 13.2. The standard InChI is InChI=1S/C32H32ClFN4O6S2.C7H8O3S/c1-45(39,40)14-12-38(13-15-46(2,41)42)19-26-8-11-30(44-26)23-6-9-29-27(17-23)32(36-21-35-29)37-25-7-10-31(28(33)18-25)43-20-22-4-3-5-24(34)16-22;1-6-2-4-7(5-3-6)11(8,9)10/h3-11,16-18,21H,12-15,19-20H2,1-2H3,(H,35,36,37);2-5H,1H3,(H,8,9,10). The Morgan fingerprint density at radius 3 is 2.18 bits per heavy atom.